The van der Waals surface area contributed by atoms with E-state index in [0.29, 0.717) is 24.5 Å². The molecule has 1 heterocycles. The molecule has 0 unspecified atom stereocenters. The van der Waals surface area contributed by atoms with E-state index >= 15 is 0 Å². The van der Waals surface area contributed by atoms with Gasteiger partial charge in [-0.1, -0.05) is 6.92 Å². The fourth-order valence-corrected chi connectivity index (χ4v) is 3.60. The molecule has 0 aromatic rings. The first kappa shape index (κ1) is 18.6. The second-order valence-electron chi connectivity index (χ2n) is 6.25. The number of ether oxygens (including phenoxy) is 1. The molecule has 2 aliphatic rings. The zero-order valence-corrected chi connectivity index (χ0v) is 14.7. The fraction of sp³-hybridized carbons (Fsp3) is 0.733. The number of carbonyl (C=O) groups excluding carboxylic acids is 4. The normalized spacial score (nSPS) is 26.4. The number of nitrogens with zero attached hydrogens (tertiary/aromatic N) is 1. The van der Waals surface area contributed by atoms with E-state index in [1.807, 2.05) is 0 Å². The Labute approximate surface area is 145 Å². The third kappa shape index (κ3) is 4.19. The van der Waals surface area contributed by atoms with Crippen LogP contribution in [0.25, 0.3) is 0 Å². The standard InChI is InChI=1S/C15H23N3O5S/c1-10-3-6-15(7-4-10)13(21)18(14(22)16-15)17-11(19)9-24-8-5-12(20)23-2/h10H,3-9H2,1-2H3,(H,16,22)(H,17,19). The summed E-state index contributed by atoms with van der Waals surface area (Å²) >= 11 is 1.24. The molecular weight excluding hydrogens is 334 g/mol. The summed E-state index contributed by atoms with van der Waals surface area (Å²) in [5.41, 5.74) is 1.49. The quantitative estimate of drug-likeness (QED) is 0.414. The lowest BCUT2D eigenvalue weighted by Gasteiger charge is -2.33. The van der Waals surface area contributed by atoms with Crippen molar-refractivity contribution in [1.82, 2.24) is 15.8 Å². The van der Waals surface area contributed by atoms with E-state index in [1.165, 1.54) is 18.9 Å². The van der Waals surface area contributed by atoms with Gasteiger partial charge in [-0.25, -0.2) is 4.79 Å². The van der Waals surface area contributed by atoms with E-state index in [-0.39, 0.29) is 24.1 Å². The molecule has 1 aliphatic carbocycles. The number of thioether (sulfide) groups is 1. The lowest BCUT2D eigenvalue weighted by molar-refractivity contribution is -0.140. The van der Waals surface area contributed by atoms with Gasteiger partial charge >= 0.3 is 12.0 Å². The summed E-state index contributed by atoms with van der Waals surface area (Å²) in [6.45, 7) is 2.12. The summed E-state index contributed by atoms with van der Waals surface area (Å²) in [7, 11) is 1.30. The molecule has 1 saturated carbocycles. The highest BCUT2D eigenvalue weighted by Crippen LogP contribution is 2.35. The van der Waals surface area contributed by atoms with Crippen molar-refractivity contribution in [3.63, 3.8) is 0 Å². The van der Waals surface area contributed by atoms with Crippen LogP contribution in [0.3, 0.4) is 0 Å². The molecule has 0 aromatic heterocycles. The van der Waals surface area contributed by atoms with Gasteiger partial charge in [-0.2, -0.15) is 16.8 Å². The third-order valence-electron chi connectivity index (χ3n) is 4.44. The van der Waals surface area contributed by atoms with Gasteiger partial charge in [-0.05, 0) is 31.6 Å². The Balaban J connectivity index is 1.82. The topological polar surface area (TPSA) is 105 Å². The molecule has 1 saturated heterocycles. The summed E-state index contributed by atoms with van der Waals surface area (Å²) in [4.78, 5) is 47.5. The van der Waals surface area contributed by atoms with Gasteiger partial charge in [-0.3, -0.25) is 19.8 Å². The molecule has 1 aliphatic heterocycles. The van der Waals surface area contributed by atoms with Crippen molar-refractivity contribution in [1.29, 1.82) is 0 Å². The van der Waals surface area contributed by atoms with Gasteiger partial charge in [0, 0.05) is 5.75 Å². The van der Waals surface area contributed by atoms with Crippen LogP contribution in [0.4, 0.5) is 4.79 Å². The minimum absolute atomic E-state index is 0.0537. The molecule has 0 aromatic carbocycles. The van der Waals surface area contributed by atoms with Gasteiger partial charge < -0.3 is 10.1 Å². The van der Waals surface area contributed by atoms with E-state index in [1.54, 1.807) is 0 Å². The van der Waals surface area contributed by atoms with Crippen LogP contribution in [0.1, 0.15) is 39.0 Å². The second kappa shape index (κ2) is 7.87. The predicted octanol–water partition coefficient (Wildman–Crippen LogP) is 0.815. The van der Waals surface area contributed by atoms with Gasteiger partial charge in [0.2, 0.25) is 5.91 Å². The molecular formula is C15H23N3O5S. The number of nitrogens with one attached hydrogen (secondary N) is 2. The molecule has 0 radical (unpaired) electrons. The predicted molar refractivity (Wildman–Crippen MR) is 87.8 cm³/mol. The molecule has 1 spiro atoms. The summed E-state index contributed by atoms with van der Waals surface area (Å²) in [6.07, 6.45) is 3.14. The van der Waals surface area contributed by atoms with Crippen LogP contribution in [-0.4, -0.2) is 53.0 Å². The highest BCUT2D eigenvalue weighted by molar-refractivity contribution is 7.99. The van der Waals surface area contributed by atoms with Crippen molar-refractivity contribution in [2.45, 2.75) is 44.6 Å². The summed E-state index contributed by atoms with van der Waals surface area (Å²) < 4.78 is 4.51. The molecule has 8 nitrogen and oxygen atoms in total. The van der Waals surface area contributed by atoms with Crippen LogP contribution < -0.4 is 10.7 Å². The first-order valence-electron chi connectivity index (χ1n) is 7.99. The molecule has 24 heavy (non-hydrogen) atoms. The summed E-state index contributed by atoms with van der Waals surface area (Å²) in [5, 5.41) is 3.53. The number of rotatable bonds is 6. The van der Waals surface area contributed by atoms with E-state index in [0.717, 1.165) is 17.9 Å². The van der Waals surface area contributed by atoms with Crippen molar-refractivity contribution >= 4 is 35.6 Å². The Hall–Kier alpha value is -1.77. The zero-order chi connectivity index (χ0) is 17.7. The highest BCUT2D eigenvalue weighted by Gasteiger charge is 2.52. The number of amides is 4. The number of methoxy groups -OCH3 is 1. The maximum Gasteiger partial charge on any atom is 0.344 e. The monoisotopic (exact) mass is 357 g/mol. The Morgan fingerprint density at radius 2 is 2.04 bits per heavy atom. The summed E-state index contributed by atoms with van der Waals surface area (Å²) in [6, 6.07) is -0.581. The lowest BCUT2D eigenvalue weighted by Crippen LogP contribution is -2.51. The van der Waals surface area contributed by atoms with Crippen molar-refractivity contribution in [3.8, 4) is 0 Å². The number of esters is 1. The fourth-order valence-electron chi connectivity index (χ4n) is 2.90. The van der Waals surface area contributed by atoms with Crippen LogP contribution in [-0.2, 0) is 19.1 Å². The second-order valence-corrected chi connectivity index (χ2v) is 7.35. The van der Waals surface area contributed by atoms with Crippen LogP contribution in [0, 0.1) is 5.92 Å². The first-order chi connectivity index (χ1) is 11.4. The number of hydrogen-bond acceptors (Lipinski definition) is 6. The molecule has 0 atom stereocenters. The largest absolute Gasteiger partial charge is 0.469 e. The van der Waals surface area contributed by atoms with Gasteiger partial charge in [0.05, 0.1) is 19.3 Å². The van der Waals surface area contributed by atoms with Crippen LogP contribution >= 0.6 is 11.8 Å². The van der Waals surface area contributed by atoms with E-state index < -0.39 is 17.5 Å². The molecule has 2 fully saturated rings. The Morgan fingerprint density at radius 3 is 2.67 bits per heavy atom. The minimum atomic E-state index is -0.866. The Bertz CT molecular complexity index is 531. The Morgan fingerprint density at radius 1 is 1.38 bits per heavy atom. The van der Waals surface area contributed by atoms with Gasteiger partial charge in [0.15, 0.2) is 0 Å². The van der Waals surface area contributed by atoms with Crippen LogP contribution in [0.2, 0.25) is 0 Å². The summed E-state index contributed by atoms with van der Waals surface area (Å²) in [5.74, 6) is -0.150. The van der Waals surface area contributed by atoms with Crippen molar-refractivity contribution in [2.75, 3.05) is 18.6 Å². The maximum absolute atomic E-state index is 12.6. The number of urea groups is 1. The molecule has 134 valence electrons. The van der Waals surface area contributed by atoms with Gasteiger partial charge in [-0.15, -0.1) is 0 Å². The van der Waals surface area contributed by atoms with E-state index in [2.05, 4.69) is 22.4 Å². The van der Waals surface area contributed by atoms with Gasteiger partial charge in [0.1, 0.15) is 5.54 Å². The zero-order valence-electron chi connectivity index (χ0n) is 13.9. The van der Waals surface area contributed by atoms with Crippen LogP contribution in [0.15, 0.2) is 0 Å². The van der Waals surface area contributed by atoms with Crippen molar-refractivity contribution in [3.05, 3.63) is 0 Å². The lowest BCUT2D eigenvalue weighted by atomic mass is 9.77. The number of hydrazine groups is 1. The highest BCUT2D eigenvalue weighted by atomic mass is 32.2. The molecule has 9 heteroatoms. The first-order valence-corrected chi connectivity index (χ1v) is 9.14. The SMILES string of the molecule is COC(=O)CCSCC(=O)NN1C(=O)NC2(CCC(C)CC2)C1=O. The Kier molecular flexibility index (Phi) is 6.09. The molecule has 2 N–H and O–H groups in total. The average molecular weight is 357 g/mol. The van der Waals surface area contributed by atoms with E-state index in [4.69, 9.17) is 0 Å². The van der Waals surface area contributed by atoms with Crippen molar-refractivity contribution in [2.24, 2.45) is 5.92 Å². The molecule has 2 rings (SSSR count). The van der Waals surface area contributed by atoms with Crippen LogP contribution in [0.5, 0.6) is 0 Å². The van der Waals surface area contributed by atoms with Crippen molar-refractivity contribution < 1.29 is 23.9 Å². The third-order valence-corrected chi connectivity index (χ3v) is 5.40. The molecule has 0 bridgehead atoms. The minimum Gasteiger partial charge on any atom is -0.469 e. The molecule has 4 amide bonds. The maximum atomic E-state index is 12.6. The number of carbonyl (C=O) groups is 4. The van der Waals surface area contributed by atoms with Gasteiger partial charge in [0.25, 0.3) is 5.91 Å². The van der Waals surface area contributed by atoms with E-state index in [9.17, 15) is 19.2 Å². The smallest absolute Gasteiger partial charge is 0.344 e. The number of imide groups is 1. The average Bonchev–Trinajstić information content (AvgIpc) is 2.78. The number of hydrogen-bond donors (Lipinski definition) is 2.